The normalized spacial score (nSPS) is 16.2. The second-order valence-corrected chi connectivity index (χ2v) is 6.81. The Hall–Kier alpha value is -2.37. The molecule has 0 aliphatic carbocycles. The van der Waals surface area contributed by atoms with E-state index in [0.29, 0.717) is 42.5 Å². The SMILES string of the molecule is CC(C(=O)Nc1cccc(Cl)c1)N1CCN(C(=O)c2ccccc2)CC1. The van der Waals surface area contributed by atoms with Gasteiger partial charge < -0.3 is 10.2 Å². The minimum Gasteiger partial charge on any atom is -0.336 e. The zero-order chi connectivity index (χ0) is 18.5. The molecule has 6 heteroatoms. The second-order valence-electron chi connectivity index (χ2n) is 6.37. The van der Waals surface area contributed by atoms with Gasteiger partial charge in [0.1, 0.15) is 0 Å². The summed E-state index contributed by atoms with van der Waals surface area (Å²) in [4.78, 5) is 28.9. The maximum Gasteiger partial charge on any atom is 0.253 e. The number of carbonyl (C=O) groups is 2. The molecule has 136 valence electrons. The zero-order valence-electron chi connectivity index (χ0n) is 14.7. The highest BCUT2D eigenvalue weighted by Gasteiger charge is 2.27. The van der Waals surface area contributed by atoms with E-state index in [2.05, 4.69) is 10.2 Å². The number of carbonyl (C=O) groups excluding carboxylic acids is 2. The molecular weight excluding hydrogens is 350 g/mol. The molecule has 1 saturated heterocycles. The maximum atomic E-state index is 12.5. The third kappa shape index (κ3) is 4.42. The summed E-state index contributed by atoms with van der Waals surface area (Å²) in [5.74, 6) is -0.0311. The first-order chi connectivity index (χ1) is 12.5. The van der Waals surface area contributed by atoms with Crippen LogP contribution in [-0.2, 0) is 4.79 Å². The number of nitrogens with one attached hydrogen (secondary N) is 1. The van der Waals surface area contributed by atoms with Gasteiger partial charge in [0, 0.05) is 42.5 Å². The predicted octanol–water partition coefficient (Wildman–Crippen LogP) is 3.13. The summed E-state index contributed by atoms with van der Waals surface area (Å²) in [6.07, 6.45) is 0. The number of benzene rings is 2. The van der Waals surface area contributed by atoms with Crippen LogP contribution in [0.4, 0.5) is 5.69 Å². The van der Waals surface area contributed by atoms with Crippen molar-refractivity contribution in [2.45, 2.75) is 13.0 Å². The number of amides is 2. The van der Waals surface area contributed by atoms with Crippen molar-refractivity contribution in [3.8, 4) is 0 Å². The number of anilines is 1. The zero-order valence-corrected chi connectivity index (χ0v) is 15.4. The van der Waals surface area contributed by atoms with Crippen molar-refractivity contribution >= 4 is 29.1 Å². The maximum absolute atomic E-state index is 12.5. The third-order valence-corrected chi connectivity index (χ3v) is 4.88. The Morgan fingerprint density at radius 2 is 1.69 bits per heavy atom. The van der Waals surface area contributed by atoms with Crippen LogP contribution in [0.2, 0.25) is 5.02 Å². The summed E-state index contributed by atoms with van der Waals surface area (Å²) in [5.41, 5.74) is 1.39. The molecule has 0 spiro atoms. The van der Waals surface area contributed by atoms with Crippen LogP contribution in [0.25, 0.3) is 0 Å². The molecule has 1 fully saturated rings. The Bertz CT molecular complexity index is 774. The van der Waals surface area contributed by atoms with Gasteiger partial charge in [-0.25, -0.2) is 0 Å². The number of halogens is 1. The van der Waals surface area contributed by atoms with Gasteiger partial charge in [-0.1, -0.05) is 35.9 Å². The van der Waals surface area contributed by atoms with E-state index < -0.39 is 0 Å². The molecule has 2 amide bonds. The van der Waals surface area contributed by atoms with Gasteiger partial charge in [-0.05, 0) is 37.3 Å². The third-order valence-electron chi connectivity index (χ3n) is 4.64. The van der Waals surface area contributed by atoms with Crippen LogP contribution < -0.4 is 5.32 Å². The Balaban J connectivity index is 1.54. The first kappa shape index (κ1) is 18.4. The topological polar surface area (TPSA) is 52.7 Å². The van der Waals surface area contributed by atoms with Gasteiger partial charge in [-0.3, -0.25) is 14.5 Å². The van der Waals surface area contributed by atoms with Crippen LogP contribution in [0.15, 0.2) is 54.6 Å². The molecule has 26 heavy (non-hydrogen) atoms. The van der Waals surface area contributed by atoms with Gasteiger partial charge >= 0.3 is 0 Å². The molecule has 1 N–H and O–H groups in total. The van der Waals surface area contributed by atoms with Crippen molar-refractivity contribution in [2.24, 2.45) is 0 Å². The van der Waals surface area contributed by atoms with E-state index in [9.17, 15) is 9.59 Å². The molecule has 1 aliphatic rings. The summed E-state index contributed by atoms with van der Waals surface area (Å²) in [6.45, 7) is 4.45. The predicted molar refractivity (Wildman–Crippen MR) is 103 cm³/mol. The Morgan fingerprint density at radius 1 is 1.00 bits per heavy atom. The standard InChI is InChI=1S/C20H22ClN3O2/c1-15(19(25)22-18-9-5-8-17(21)14-18)23-10-12-24(13-11-23)20(26)16-6-3-2-4-7-16/h2-9,14-15H,10-13H2,1H3,(H,22,25). The summed E-state index contributed by atoms with van der Waals surface area (Å²) >= 11 is 5.95. The number of piperazine rings is 1. The summed E-state index contributed by atoms with van der Waals surface area (Å²) < 4.78 is 0. The average molecular weight is 372 g/mol. The molecule has 2 aromatic rings. The molecule has 2 aromatic carbocycles. The van der Waals surface area contributed by atoms with Crippen molar-refractivity contribution < 1.29 is 9.59 Å². The Morgan fingerprint density at radius 3 is 2.35 bits per heavy atom. The molecule has 1 unspecified atom stereocenters. The lowest BCUT2D eigenvalue weighted by Crippen LogP contribution is -2.54. The molecule has 5 nitrogen and oxygen atoms in total. The van der Waals surface area contributed by atoms with Crippen molar-refractivity contribution in [3.05, 3.63) is 65.2 Å². The lowest BCUT2D eigenvalue weighted by molar-refractivity contribution is -0.121. The highest BCUT2D eigenvalue weighted by atomic mass is 35.5. The first-order valence-corrected chi connectivity index (χ1v) is 9.07. The highest BCUT2D eigenvalue weighted by molar-refractivity contribution is 6.30. The number of nitrogens with zero attached hydrogens (tertiary/aromatic N) is 2. The molecule has 3 rings (SSSR count). The van der Waals surface area contributed by atoms with E-state index in [-0.39, 0.29) is 17.9 Å². The average Bonchev–Trinajstić information content (AvgIpc) is 2.67. The van der Waals surface area contributed by atoms with Gasteiger partial charge in [0.05, 0.1) is 6.04 Å². The van der Waals surface area contributed by atoms with Gasteiger partial charge in [-0.15, -0.1) is 0 Å². The summed E-state index contributed by atoms with van der Waals surface area (Å²) in [5, 5.41) is 3.48. The molecule has 1 aliphatic heterocycles. The fourth-order valence-corrected chi connectivity index (χ4v) is 3.24. The molecule has 1 heterocycles. The first-order valence-electron chi connectivity index (χ1n) is 8.69. The largest absolute Gasteiger partial charge is 0.336 e. The molecule has 0 saturated carbocycles. The Labute approximate surface area is 158 Å². The van der Waals surface area contributed by atoms with Crippen LogP contribution in [0.1, 0.15) is 17.3 Å². The van der Waals surface area contributed by atoms with Crippen LogP contribution in [0, 0.1) is 0 Å². The quantitative estimate of drug-likeness (QED) is 0.898. The molecular formula is C20H22ClN3O2. The van der Waals surface area contributed by atoms with Crippen molar-refractivity contribution in [1.29, 1.82) is 0 Å². The lowest BCUT2D eigenvalue weighted by Gasteiger charge is -2.37. The van der Waals surface area contributed by atoms with Gasteiger partial charge in [0.25, 0.3) is 5.91 Å². The van der Waals surface area contributed by atoms with Crippen LogP contribution in [0.3, 0.4) is 0 Å². The summed E-state index contributed by atoms with van der Waals surface area (Å²) in [6, 6.07) is 16.1. The van der Waals surface area contributed by atoms with Crippen molar-refractivity contribution in [1.82, 2.24) is 9.80 Å². The fraction of sp³-hybridized carbons (Fsp3) is 0.300. The fourth-order valence-electron chi connectivity index (χ4n) is 3.05. The highest BCUT2D eigenvalue weighted by Crippen LogP contribution is 2.16. The van der Waals surface area contributed by atoms with Gasteiger partial charge in [0.2, 0.25) is 5.91 Å². The number of hydrogen-bond donors (Lipinski definition) is 1. The lowest BCUT2D eigenvalue weighted by atomic mass is 10.1. The van der Waals surface area contributed by atoms with E-state index in [4.69, 9.17) is 11.6 Å². The van der Waals surface area contributed by atoms with E-state index in [1.807, 2.05) is 48.2 Å². The smallest absolute Gasteiger partial charge is 0.253 e. The van der Waals surface area contributed by atoms with Gasteiger partial charge in [0.15, 0.2) is 0 Å². The van der Waals surface area contributed by atoms with Crippen LogP contribution >= 0.6 is 11.6 Å². The van der Waals surface area contributed by atoms with E-state index in [1.165, 1.54) is 0 Å². The second kappa shape index (κ2) is 8.34. The number of hydrogen-bond acceptors (Lipinski definition) is 3. The minimum atomic E-state index is -0.275. The van der Waals surface area contributed by atoms with Crippen molar-refractivity contribution in [3.63, 3.8) is 0 Å². The van der Waals surface area contributed by atoms with E-state index >= 15 is 0 Å². The molecule has 0 aromatic heterocycles. The van der Waals surface area contributed by atoms with Crippen LogP contribution in [0.5, 0.6) is 0 Å². The monoisotopic (exact) mass is 371 g/mol. The molecule has 1 atom stereocenters. The van der Waals surface area contributed by atoms with E-state index in [1.54, 1.807) is 18.2 Å². The number of rotatable bonds is 4. The summed E-state index contributed by atoms with van der Waals surface area (Å²) in [7, 11) is 0. The van der Waals surface area contributed by atoms with Crippen molar-refractivity contribution in [2.75, 3.05) is 31.5 Å². The minimum absolute atomic E-state index is 0.0429. The molecule has 0 radical (unpaired) electrons. The molecule has 0 bridgehead atoms. The van der Waals surface area contributed by atoms with Crippen LogP contribution in [-0.4, -0.2) is 53.8 Å². The van der Waals surface area contributed by atoms with E-state index in [0.717, 1.165) is 0 Å². The Kier molecular flexibility index (Phi) is 5.91. The van der Waals surface area contributed by atoms with Gasteiger partial charge in [-0.2, -0.15) is 0 Å².